The highest BCUT2D eigenvalue weighted by Gasteiger charge is 2.25. The highest BCUT2D eigenvalue weighted by molar-refractivity contribution is 7.85. The number of rotatable bonds is 5. The average molecular weight is 291 g/mol. The zero-order chi connectivity index (χ0) is 14.6. The predicted octanol–water partition coefficient (Wildman–Crippen LogP) is 2.03. The van der Waals surface area contributed by atoms with Crippen LogP contribution >= 0.6 is 0 Å². The molecule has 20 heavy (non-hydrogen) atoms. The maximum atomic E-state index is 11.1. The molecule has 0 amide bonds. The average Bonchev–Trinajstić information content (AvgIpc) is 2.39. The van der Waals surface area contributed by atoms with Gasteiger partial charge >= 0.3 is 0 Å². The molecule has 2 rings (SSSR count). The van der Waals surface area contributed by atoms with Gasteiger partial charge in [0.2, 0.25) is 0 Å². The first-order valence-corrected chi connectivity index (χ1v) is 7.89. The van der Waals surface area contributed by atoms with Gasteiger partial charge in [-0.25, -0.2) is 0 Å². The van der Waals surface area contributed by atoms with Crippen molar-refractivity contribution in [3.05, 3.63) is 71.8 Å². The minimum Gasteiger partial charge on any atom is -0.326 e. The molecular weight excluding hydrogens is 274 g/mol. The van der Waals surface area contributed by atoms with Crippen molar-refractivity contribution in [1.82, 2.24) is 0 Å². The zero-order valence-electron chi connectivity index (χ0n) is 10.9. The van der Waals surface area contributed by atoms with Crippen LogP contribution in [0.15, 0.2) is 60.7 Å². The summed E-state index contributed by atoms with van der Waals surface area (Å²) in [7, 11) is -4.11. The van der Waals surface area contributed by atoms with E-state index in [1.807, 2.05) is 60.7 Å². The van der Waals surface area contributed by atoms with Gasteiger partial charge in [-0.2, -0.15) is 8.42 Å². The van der Waals surface area contributed by atoms with Crippen LogP contribution in [0.3, 0.4) is 0 Å². The third-order valence-electron chi connectivity index (χ3n) is 3.15. The van der Waals surface area contributed by atoms with Gasteiger partial charge in [-0.1, -0.05) is 60.7 Å². The molecule has 0 heterocycles. The van der Waals surface area contributed by atoms with Crippen molar-refractivity contribution in [1.29, 1.82) is 0 Å². The van der Waals surface area contributed by atoms with E-state index in [1.54, 1.807) is 0 Å². The van der Waals surface area contributed by atoms with Gasteiger partial charge in [-0.15, -0.1) is 0 Å². The molecule has 2 aromatic carbocycles. The van der Waals surface area contributed by atoms with E-state index in [0.717, 1.165) is 11.1 Å². The molecule has 0 aliphatic carbocycles. The molecule has 0 fully saturated rings. The van der Waals surface area contributed by atoms with Crippen LogP contribution in [-0.4, -0.2) is 24.8 Å². The maximum Gasteiger partial charge on any atom is 0.266 e. The molecule has 3 N–H and O–H groups in total. The van der Waals surface area contributed by atoms with Crippen LogP contribution in [0.1, 0.15) is 17.0 Å². The standard InChI is InChI=1S/C15H17NO3S/c16-14(11-20(17,18)19)15(12-7-3-1-4-8-12)13-9-5-2-6-10-13/h1-10,14-15H,11,16H2,(H,17,18,19)/t14-/m1/s1. The fourth-order valence-electron chi connectivity index (χ4n) is 2.35. The van der Waals surface area contributed by atoms with Crippen LogP contribution in [0.4, 0.5) is 0 Å². The lowest BCUT2D eigenvalue weighted by molar-refractivity contribution is 0.472. The van der Waals surface area contributed by atoms with Crippen LogP contribution < -0.4 is 5.73 Å². The van der Waals surface area contributed by atoms with Crippen molar-refractivity contribution in [2.75, 3.05) is 5.75 Å². The van der Waals surface area contributed by atoms with Gasteiger partial charge < -0.3 is 5.73 Å². The Morgan fingerprint density at radius 2 is 1.30 bits per heavy atom. The normalized spacial score (nSPS) is 13.3. The molecule has 0 unspecified atom stereocenters. The van der Waals surface area contributed by atoms with E-state index >= 15 is 0 Å². The molecule has 0 radical (unpaired) electrons. The third kappa shape index (κ3) is 3.90. The minimum absolute atomic E-state index is 0.278. The highest BCUT2D eigenvalue weighted by Crippen LogP contribution is 2.27. The van der Waals surface area contributed by atoms with Gasteiger partial charge in [0.15, 0.2) is 0 Å². The summed E-state index contributed by atoms with van der Waals surface area (Å²) in [5.74, 6) is -0.749. The Hall–Kier alpha value is -1.69. The van der Waals surface area contributed by atoms with E-state index < -0.39 is 21.9 Å². The highest BCUT2D eigenvalue weighted by atomic mass is 32.2. The van der Waals surface area contributed by atoms with Gasteiger partial charge in [-0.05, 0) is 11.1 Å². The van der Waals surface area contributed by atoms with E-state index in [4.69, 9.17) is 10.3 Å². The molecule has 2 aromatic rings. The summed E-state index contributed by atoms with van der Waals surface area (Å²) in [6.45, 7) is 0. The van der Waals surface area contributed by atoms with Gasteiger partial charge in [0.25, 0.3) is 10.1 Å². The first-order chi connectivity index (χ1) is 9.47. The Kier molecular flexibility index (Phi) is 4.54. The van der Waals surface area contributed by atoms with Gasteiger partial charge in [0.1, 0.15) is 0 Å². The minimum atomic E-state index is -4.11. The Labute approximate surface area is 119 Å². The van der Waals surface area contributed by atoms with Gasteiger partial charge in [-0.3, -0.25) is 4.55 Å². The predicted molar refractivity (Wildman–Crippen MR) is 79.1 cm³/mol. The molecule has 0 aliphatic rings. The SMILES string of the molecule is N[C@H](CS(=O)(=O)O)C(c1ccccc1)c1ccccc1. The number of benzene rings is 2. The smallest absolute Gasteiger partial charge is 0.266 e. The fourth-order valence-corrected chi connectivity index (χ4v) is 3.03. The number of hydrogen-bond acceptors (Lipinski definition) is 3. The fraction of sp³-hybridized carbons (Fsp3) is 0.200. The lowest BCUT2D eigenvalue weighted by Gasteiger charge is -2.24. The molecule has 0 spiro atoms. The monoisotopic (exact) mass is 291 g/mol. The number of hydrogen-bond donors (Lipinski definition) is 2. The summed E-state index contributed by atoms with van der Waals surface area (Å²) in [5.41, 5.74) is 7.88. The van der Waals surface area contributed by atoms with Crippen LogP contribution in [0.2, 0.25) is 0 Å². The zero-order valence-corrected chi connectivity index (χ0v) is 11.7. The second-order valence-electron chi connectivity index (χ2n) is 4.71. The van der Waals surface area contributed by atoms with Crippen molar-refractivity contribution in [3.63, 3.8) is 0 Å². The summed E-state index contributed by atoms with van der Waals surface area (Å²) < 4.78 is 31.2. The molecule has 4 nitrogen and oxygen atoms in total. The molecule has 5 heteroatoms. The van der Waals surface area contributed by atoms with E-state index in [-0.39, 0.29) is 5.92 Å². The lowest BCUT2D eigenvalue weighted by Crippen LogP contribution is -2.36. The largest absolute Gasteiger partial charge is 0.326 e. The van der Waals surface area contributed by atoms with E-state index in [9.17, 15) is 8.42 Å². The Morgan fingerprint density at radius 1 is 0.900 bits per heavy atom. The quantitative estimate of drug-likeness (QED) is 0.826. The summed E-state index contributed by atoms with van der Waals surface area (Å²) in [5, 5.41) is 0. The topological polar surface area (TPSA) is 80.4 Å². The molecule has 0 aromatic heterocycles. The first-order valence-electron chi connectivity index (χ1n) is 6.28. The molecule has 0 saturated heterocycles. The van der Waals surface area contributed by atoms with Crippen molar-refractivity contribution >= 4 is 10.1 Å². The number of nitrogens with two attached hydrogens (primary N) is 1. The molecule has 0 saturated carbocycles. The molecule has 0 bridgehead atoms. The van der Waals surface area contributed by atoms with Crippen molar-refractivity contribution in [2.45, 2.75) is 12.0 Å². The third-order valence-corrected chi connectivity index (χ3v) is 3.95. The summed E-state index contributed by atoms with van der Waals surface area (Å²) in [4.78, 5) is 0. The van der Waals surface area contributed by atoms with Crippen LogP contribution in [0.25, 0.3) is 0 Å². The van der Waals surface area contributed by atoms with E-state index in [1.165, 1.54) is 0 Å². The van der Waals surface area contributed by atoms with Crippen molar-refractivity contribution in [2.24, 2.45) is 5.73 Å². The van der Waals surface area contributed by atoms with Crippen LogP contribution in [0, 0.1) is 0 Å². The van der Waals surface area contributed by atoms with E-state index in [2.05, 4.69) is 0 Å². The summed E-state index contributed by atoms with van der Waals surface area (Å²) in [6.07, 6.45) is 0. The van der Waals surface area contributed by atoms with Gasteiger partial charge in [0, 0.05) is 12.0 Å². The Morgan fingerprint density at radius 3 is 1.65 bits per heavy atom. The van der Waals surface area contributed by atoms with Crippen molar-refractivity contribution in [3.8, 4) is 0 Å². The first kappa shape index (κ1) is 14.7. The summed E-state index contributed by atoms with van der Waals surface area (Å²) in [6, 6.07) is 18.2. The Balaban J connectivity index is 2.40. The van der Waals surface area contributed by atoms with Crippen molar-refractivity contribution < 1.29 is 13.0 Å². The van der Waals surface area contributed by atoms with Crippen LogP contribution in [0.5, 0.6) is 0 Å². The molecule has 0 aliphatic heterocycles. The van der Waals surface area contributed by atoms with Crippen LogP contribution in [-0.2, 0) is 10.1 Å². The summed E-state index contributed by atoms with van der Waals surface area (Å²) >= 11 is 0. The van der Waals surface area contributed by atoms with Gasteiger partial charge in [0.05, 0.1) is 5.75 Å². The maximum absolute atomic E-state index is 11.1. The molecule has 1 atom stereocenters. The molecular formula is C15H17NO3S. The van der Waals surface area contributed by atoms with E-state index in [0.29, 0.717) is 0 Å². The second kappa shape index (κ2) is 6.17. The lowest BCUT2D eigenvalue weighted by atomic mass is 9.86. The second-order valence-corrected chi connectivity index (χ2v) is 6.21. The Bertz CT molecular complexity index is 602. The molecule has 106 valence electrons.